The van der Waals surface area contributed by atoms with E-state index in [2.05, 4.69) is 4.90 Å². The van der Waals surface area contributed by atoms with Gasteiger partial charge in [-0.25, -0.2) is 0 Å². The summed E-state index contributed by atoms with van der Waals surface area (Å²) in [4.78, 5) is 23.6. The molecule has 0 aliphatic rings. The van der Waals surface area contributed by atoms with E-state index in [-0.39, 0.29) is 6.42 Å². The third kappa shape index (κ3) is 6.06. The normalized spacial score (nSPS) is 12.7. The minimum atomic E-state index is -0.944. The fourth-order valence-electron chi connectivity index (χ4n) is 1.43. The second-order valence-corrected chi connectivity index (χ2v) is 3.52. The zero-order valence-corrected chi connectivity index (χ0v) is 9.40. The van der Waals surface area contributed by atoms with Crippen molar-refractivity contribution in [2.75, 3.05) is 19.6 Å². The van der Waals surface area contributed by atoms with E-state index < -0.39 is 17.8 Å². The Morgan fingerprint density at radius 1 is 1.33 bits per heavy atom. The van der Waals surface area contributed by atoms with Gasteiger partial charge in [0, 0.05) is 6.42 Å². The molecule has 1 atom stereocenters. The fourth-order valence-corrected chi connectivity index (χ4v) is 1.43. The topological polar surface area (TPSA) is 83.6 Å². The highest BCUT2D eigenvalue weighted by Gasteiger charge is 2.20. The van der Waals surface area contributed by atoms with Crippen LogP contribution in [0.1, 0.15) is 26.7 Å². The molecule has 15 heavy (non-hydrogen) atoms. The van der Waals surface area contributed by atoms with E-state index in [0.717, 1.165) is 13.1 Å². The largest absolute Gasteiger partial charge is 0.481 e. The molecule has 0 aromatic carbocycles. The van der Waals surface area contributed by atoms with Crippen LogP contribution in [0, 0.1) is 5.92 Å². The van der Waals surface area contributed by atoms with Gasteiger partial charge >= 0.3 is 5.97 Å². The Balaban J connectivity index is 4.06. The third-order valence-corrected chi connectivity index (χ3v) is 2.49. The van der Waals surface area contributed by atoms with E-state index in [1.165, 1.54) is 0 Å². The maximum Gasteiger partial charge on any atom is 0.307 e. The van der Waals surface area contributed by atoms with Gasteiger partial charge in [0.05, 0.1) is 5.92 Å². The van der Waals surface area contributed by atoms with Gasteiger partial charge in [-0.3, -0.25) is 9.59 Å². The van der Waals surface area contributed by atoms with Crippen molar-refractivity contribution < 1.29 is 14.7 Å². The number of aliphatic carboxylic acids is 1. The maximum atomic E-state index is 10.8. The second-order valence-electron chi connectivity index (χ2n) is 3.52. The zero-order valence-electron chi connectivity index (χ0n) is 9.40. The van der Waals surface area contributed by atoms with Crippen LogP contribution in [0.4, 0.5) is 0 Å². The quantitative estimate of drug-likeness (QED) is 0.611. The fraction of sp³-hybridized carbons (Fsp3) is 0.800. The number of primary amides is 1. The molecule has 0 aromatic rings. The number of carboxylic acids is 1. The molecule has 0 unspecified atom stereocenters. The molecule has 0 aliphatic carbocycles. The number of hydrogen-bond acceptors (Lipinski definition) is 3. The van der Waals surface area contributed by atoms with Crippen LogP contribution in [-0.2, 0) is 9.59 Å². The summed E-state index contributed by atoms with van der Waals surface area (Å²) in [6.07, 6.45) is 0.399. The van der Waals surface area contributed by atoms with Crippen LogP contribution in [0.15, 0.2) is 0 Å². The number of carbonyl (C=O) groups is 2. The van der Waals surface area contributed by atoms with Gasteiger partial charge in [0.1, 0.15) is 0 Å². The number of amides is 1. The summed E-state index contributed by atoms with van der Waals surface area (Å²) < 4.78 is 0. The van der Waals surface area contributed by atoms with E-state index in [1.807, 2.05) is 13.8 Å². The van der Waals surface area contributed by atoms with Crippen molar-refractivity contribution in [2.45, 2.75) is 26.7 Å². The number of carbonyl (C=O) groups excluding carboxylic acids is 1. The SMILES string of the molecule is CCN(CC)CC[C@H](CC(N)=O)C(=O)O. The maximum absolute atomic E-state index is 10.8. The van der Waals surface area contributed by atoms with Gasteiger partial charge < -0.3 is 15.7 Å². The molecule has 0 aliphatic heterocycles. The highest BCUT2D eigenvalue weighted by molar-refractivity contribution is 5.80. The standard InChI is InChI=1S/C10H20N2O3/c1-3-12(4-2)6-5-8(10(14)15)7-9(11)13/h8H,3-7H2,1-2H3,(H2,11,13)(H,14,15)/t8-/m1/s1. The van der Waals surface area contributed by atoms with Crippen LogP contribution >= 0.6 is 0 Å². The summed E-state index contributed by atoms with van der Waals surface area (Å²) in [5, 5.41) is 8.85. The van der Waals surface area contributed by atoms with Crippen LogP contribution < -0.4 is 5.73 Å². The molecule has 5 heteroatoms. The summed E-state index contributed by atoms with van der Waals surface area (Å²) in [5.74, 6) is -2.15. The first-order valence-corrected chi connectivity index (χ1v) is 5.24. The van der Waals surface area contributed by atoms with Crippen LogP contribution in [0.25, 0.3) is 0 Å². The first-order chi connectivity index (χ1) is 7.01. The Labute approximate surface area is 90.2 Å². The van der Waals surface area contributed by atoms with Crippen molar-refractivity contribution in [3.63, 3.8) is 0 Å². The summed E-state index contributed by atoms with van der Waals surface area (Å²) in [7, 11) is 0. The molecular weight excluding hydrogens is 196 g/mol. The monoisotopic (exact) mass is 216 g/mol. The third-order valence-electron chi connectivity index (χ3n) is 2.49. The number of hydrogen-bond donors (Lipinski definition) is 2. The van der Waals surface area contributed by atoms with Crippen molar-refractivity contribution >= 4 is 11.9 Å². The number of rotatable bonds is 8. The van der Waals surface area contributed by atoms with Gasteiger partial charge in [-0.2, -0.15) is 0 Å². The van der Waals surface area contributed by atoms with Gasteiger partial charge in [0.2, 0.25) is 5.91 Å². The molecule has 5 nitrogen and oxygen atoms in total. The molecule has 0 spiro atoms. The predicted octanol–water partition coefficient (Wildman–Crippen LogP) is 0.295. The molecule has 0 aromatic heterocycles. The predicted molar refractivity (Wildman–Crippen MR) is 57.3 cm³/mol. The lowest BCUT2D eigenvalue weighted by molar-refractivity contribution is -0.144. The Morgan fingerprint density at radius 2 is 1.87 bits per heavy atom. The van der Waals surface area contributed by atoms with Crippen molar-refractivity contribution in [1.29, 1.82) is 0 Å². The molecule has 0 saturated carbocycles. The minimum Gasteiger partial charge on any atom is -0.481 e. The lowest BCUT2D eigenvalue weighted by Gasteiger charge is -2.19. The number of nitrogens with two attached hydrogens (primary N) is 1. The second kappa shape index (κ2) is 7.23. The first kappa shape index (κ1) is 13.9. The van der Waals surface area contributed by atoms with E-state index in [4.69, 9.17) is 10.8 Å². The Morgan fingerprint density at radius 3 is 2.20 bits per heavy atom. The molecule has 0 heterocycles. The molecule has 0 radical (unpaired) electrons. The lowest BCUT2D eigenvalue weighted by Crippen LogP contribution is -2.29. The van der Waals surface area contributed by atoms with E-state index >= 15 is 0 Å². The minimum absolute atomic E-state index is 0.0728. The lowest BCUT2D eigenvalue weighted by atomic mass is 10.0. The van der Waals surface area contributed by atoms with Crippen molar-refractivity contribution in [2.24, 2.45) is 11.7 Å². The molecule has 0 bridgehead atoms. The summed E-state index contributed by atoms with van der Waals surface area (Å²) >= 11 is 0. The molecular formula is C10H20N2O3. The number of nitrogens with zero attached hydrogens (tertiary/aromatic N) is 1. The molecule has 1 amide bonds. The first-order valence-electron chi connectivity index (χ1n) is 5.24. The summed E-state index contributed by atoms with van der Waals surface area (Å²) in [6, 6.07) is 0. The zero-order chi connectivity index (χ0) is 11.8. The van der Waals surface area contributed by atoms with Crippen LogP contribution in [0.2, 0.25) is 0 Å². The van der Waals surface area contributed by atoms with Crippen molar-refractivity contribution in [3.8, 4) is 0 Å². The molecule has 0 saturated heterocycles. The highest BCUT2D eigenvalue weighted by atomic mass is 16.4. The Bertz CT molecular complexity index is 215. The molecule has 88 valence electrons. The Hall–Kier alpha value is -1.10. The van der Waals surface area contributed by atoms with Crippen molar-refractivity contribution in [3.05, 3.63) is 0 Å². The van der Waals surface area contributed by atoms with Crippen LogP contribution in [0.3, 0.4) is 0 Å². The van der Waals surface area contributed by atoms with E-state index in [0.29, 0.717) is 13.0 Å². The molecule has 0 fully saturated rings. The van der Waals surface area contributed by atoms with Crippen molar-refractivity contribution in [1.82, 2.24) is 4.90 Å². The molecule has 3 N–H and O–H groups in total. The smallest absolute Gasteiger partial charge is 0.307 e. The molecule has 0 rings (SSSR count). The van der Waals surface area contributed by atoms with Crippen LogP contribution in [-0.4, -0.2) is 41.5 Å². The summed E-state index contributed by atoms with van der Waals surface area (Å²) in [6.45, 7) is 6.51. The van der Waals surface area contributed by atoms with Gasteiger partial charge in [-0.1, -0.05) is 13.8 Å². The van der Waals surface area contributed by atoms with E-state index in [1.54, 1.807) is 0 Å². The van der Waals surface area contributed by atoms with Gasteiger partial charge in [-0.05, 0) is 26.1 Å². The average molecular weight is 216 g/mol. The average Bonchev–Trinajstić information content (AvgIpc) is 2.16. The van der Waals surface area contributed by atoms with Crippen LogP contribution in [0.5, 0.6) is 0 Å². The van der Waals surface area contributed by atoms with E-state index in [9.17, 15) is 9.59 Å². The van der Waals surface area contributed by atoms with Gasteiger partial charge in [0.15, 0.2) is 0 Å². The number of carboxylic acid groups (broad SMARTS) is 1. The highest BCUT2D eigenvalue weighted by Crippen LogP contribution is 2.09. The van der Waals surface area contributed by atoms with Gasteiger partial charge in [-0.15, -0.1) is 0 Å². The summed E-state index contributed by atoms with van der Waals surface area (Å²) in [5.41, 5.74) is 4.99. The van der Waals surface area contributed by atoms with Gasteiger partial charge in [0.25, 0.3) is 0 Å². The Kier molecular flexibility index (Phi) is 6.70.